The van der Waals surface area contributed by atoms with E-state index in [2.05, 4.69) is 10.6 Å². The lowest BCUT2D eigenvalue weighted by Crippen LogP contribution is -2.12. The first-order valence-electron chi connectivity index (χ1n) is 7.06. The van der Waals surface area contributed by atoms with E-state index in [0.29, 0.717) is 16.4 Å². The van der Waals surface area contributed by atoms with E-state index in [0.717, 1.165) is 0 Å². The number of rotatable bonds is 4. The molecule has 0 aliphatic heterocycles. The summed E-state index contributed by atoms with van der Waals surface area (Å²) in [6, 6.07) is 16.0. The van der Waals surface area contributed by atoms with Crippen molar-refractivity contribution in [2.75, 3.05) is 10.6 Å². The molecule has 26 heavy (non-hydrogen) atoms. The summed E-state index contributed by atoms with van der Waals surface area (Å²) in [5.41, 5.74) is 0.782. The number of nitriles is 3. The maximum absolute atomic E-state index is 12.2. The van der Waals surface area contributed by atoms with Gasteiger partial charge in [0.1, 0.15) is 23.9 Å². The van der Waals surface area contributed by atoms with Crippen molar-refractivity contribution in [3.05, 3.63) is 69.3 Å². The number of hydrogen-bond acceptors (Lipinski definition) is 5. The Morgan fingerprint density at radius 2 is 1.42 bits per heavy atom. The van der Waals surface area contributed by atoms with Gasteiger partial charge < -0.3 is 10.6 Å². The molecule has 0 aliphatic carbocycles. The van der Waals surface area contributed by atoms with Crippen molar-refractivity contribution in [2.45, 2.75) is 0 Å². The number of hydrogen-bond donors (Lipinski definition) is 2. The van der Waals surface area contributed by atoms with Crippen LogP contribution in [0, 0.1) is 34.0 Å². The van der Waals surface area contributed by atoms with E-state index in [1.807, 2.05) is 0 Å². The number of nitrogens with one attached hydrogen (secondary N) is 2. The van der Waals surface area contributed by atoms with E-state index in [1.165, 1.54) is 12.1 Å². The molecule has 2 N–H and O–H groups in total. The Labute approximate surface area is 159 Å². The molecule has 0 aliphatic rings. The van der Waals surface area contributed by atoms with Crippen LogP contribution in [-0.2, 0) is 0 Å². The molecule has 0 heterocycles. The number of allylic oxidation sites excluding steroid dienone is 2. The standard InChI is InChI=1S/C18H9Cl2N5O/c19-12-1-6-15(16(20)7-12)18(26)25-14-4-2-13(3-5-14)24-17(10-23)11(8-21)9-22/h1-7,24H,(H,25,26). The van der Waals surface area contributed by atoms with E-state index in [1.54, 1.807) is 48.5 Å². The summed E-state index contributed by atoms with van der Waals surface area (Å²) in [5, 5.41) is 32.7. The first-order valence-corrected chi connectivity index (χ1v) is 7.82. The van der Waals surface area contributed by atoms with Crippen molar-refractivity contribution in [3.8, 4) is 18.2 Å². The summed E-state index contributed by atoms with van der Waals surface area (Å²) in [7, 11) is 0. The maximum Gasteiger partial charge on any atom is 0.257 e. The molecule has 2 aromatic rings. The minimum Gasteiger partial charge on any atom is -0.345 e. The molecule has 1 amide bonds. The van der Waals surface area contributed by atoms with Gasteiger partial charge in [0.2, 0.25) is 0 Å². The van der Waals surface area contributed by atoms with Crippen LogP contribution in [0.5, 0.6) is 0 Å². The number of amides is 1. The minimum atomic E-state index is -0.402. The zero-order chi connectivity index (χ0) is 19.1. The highest BCUT2D eigenvalue weighted by molar-refractivity contribution is 6.37. The predicted molar refractivity (Wildman–Crippen MR) is 98.3 cm³/mol. The fourth-order valence-electron chi connectivity index (χ4n) is 1.94. The highest BCUT2D eigenvalue weighted by Gasteiger charge is 2.11. The number of anilines is 2. The normalized spacial score (nSPS) is 9.19. The number of benzene rings is 2. The Morgan fingerprint density at radius 1 is 0.846 bits per heavy atom. The van der Waals surface area contributed by atoms with Gasteiger partial charge in [0.25, 0.3) is 5.91 Å². The van der Waals surface area contributed by atoms with Crippen molar-refractivity contribution >= 4 is 40.5 Å². The molecule has 2 rings (SSSR count). The SMILES string of the molecule is N#CC(C#N)=C(C#N)Nc1ccc(NC(=O)c2ccc(Cl)cc2Cl)cc1. The largest absolute Gasteiger partial charge is 0.345 e. The van der Waals surface area contributed by atoms with Crippen molar-refractivity contribution in [3.63, 3.8) is 0 Å². The van der Waals surface area contributed by atoms with Crippen molar-refractivity contribution < 1.29 is 4.79 Å². The van der Waals surface area contributed by atoms with Gasteiger partial charge in [-0.1, -0.05) is 23.2 Å². The first-order chi connectivity index (χ1) is 12.5. The summed E-state index contributed by atoms with van der Waals surface area (Å²) in [4.78, 5) is 12.2. The van der Waals surface area contributed by atoms with E-state index >= 15 is 0 Å². The van der Waals surface area contributed by atoms with Crippen LogP contribution >= 0.6 is 23.2 Å². The monoisotopic (exact) mass is 381 g/mol. The van der Waals surface area contributed by atoms with Crippen LogP contribution in [0.3, 0.4) is 0 Å². The third kappa shape index (κ3) is 4.53. The van der Waals surface area contributed by atoms with Crippen LogP contribution in [0.1, 0.15) is 10.4 Å². The van der Waals surface area contributed by atoms with E-state index in [4.69, 9.17) is 39.0 Å². The van der Waals surface area contributed by atoms with Gasteiger partial charge in [0, 0.05) is 16.4 Å². The first kappa shape index (κ1) is 18.8. The number of carbonyl (C=O) groups is 1. The van der Waals surface area contributed by atoms with Gasteiger partial charge in [0.15, 0.2) is 5.57 Å². The van der Waals surface area contributed by atoms with Crippen LogP contribution < -0.4 is 10.6 Å². The quantitative estimate of drug-likeness (QED) is 0.757. The molecule has 0 aromatic heterocycles. The average molecular weight is 382 g/mol. The van der Waals surface area contributed by atoms with E-state index < -0.39 is 5.91 Å². The van der Waals surface area contributed by atoms with Gasteiger partial charge in [0.05, 0.1) is 10.6 Å². The molecule has 0 bridgehead atoms. The molecule has 6 nitrogen and oxygen atoms in total. The van der Waals surface area contributed by atoms with E-state index in [9.17, 15) is 4.79 Å². The molecule has 0 saturated heterocycles. The fourth-order valence-corrected chi connectivity index (χ4v) is 2.43. The summed E-state index contributed by atoms with van der Waals surface area (Å²) in [6.45, 7) is 0. The summed E-state index contributed by atoms with van der Waals surface area (Å²) >= 11 is 11.8. The Bertz CT molecular complexity index is 992. The van der Waals surface area contributed by atoms with Gasteiger partial charge in [-0.3, -0.25) is 4.79 Å². The Kier molecular flexibility index (Phi) is 6.20. The Hall–Kier alpha value is -3.50. The smallest absolute Gasteiger partial charge is 0.257 e. The molecule has 8 heteroatoms. The molecule has 0 spiro atoms. The summed E-state index contributed by atoms with van der Waals surface area (Å²) in [5.74, 6) is -0.402. The second-order valence-electron chi connectivity index (χ2n) is 4.87. The maximum atomic E-state index is 12.2. The van der Waals surface area contributed by atoms with Crippen molar-refractivity contribution in [1.82, 2.24) is 0 Å². The van der Waals surface area contributed by atoms with E-state index in [-0.39, 0.29) is 21.9 Å². The highest BCUT2D eigenvalue weighted by atomic mass is 35.5. The lowest BCUT2D eigenvalue weighted by Gasteiger charge is -2.09. The van der Waals surface area contributed by atoms with Crippen molar-refractivity contribution in [2.24, 2.45) is 0 Å². The average Bonchev–Trinajstić information content (AvgIpc) is 2.63. The van der Waals surface area contributed by atoms with Crippen LogP contribution in [0.4, 0.5) is 11.4 Å². The number of nitrogens with zero attached hydrogens (tertiary/aromatic N) is 3. The molecule has 126 valence electrons. The second kappa shape index (κ2) is 8.55. The molecule has 0 saturated carbocycles. The third-order valence-electron chi connectivity index (χ3n) is 3.17. The van der Waals surface area contributed by atoms with Crippen LogP contribution in [0.15, 0.2) is 53.7 Å². The van der Waals surface area contributed by atoms with Gasteiger partial charge in [-0.05, 0) is 42.5 Å². The van der Waals surface area contributed by atoms with Gasteiger partial charge >= 0.3 is 0 Å². The van der Waals surface area contributed by atoms with Crippen LogP contribution in [0.2, 0.25) is 10.0 Å². The van der Waals surface area contributed by atoms with Crippen LogP contribution in [0.25, 0.3) is 0 Å². The Balaban J connectivity index is 2.14. The minimum absolute atomic E-state index is 0.153. The van der Waals surface area contributed by atoms with Gasteiger partial charge in [-0.2, -0.15) is 15.8 Å². The van der Waals surface area contributed by atoms with Crippen LogP contribution in [-0.4, -0.2) is 5.91 Å². The summed E-state index contributed by atoms with van der Waals surface area (Å²) < 4.78 is 0. The van der Waals surface area contributed by atoms with Gasteiger partial charge in [-0.25, -0.2) is 0 Å². The predicted octanol–water partition coefficient (Wildman–Crippen LogP) is 4.48. The zero-order valence-electron chi connectivity index (χ0n) is 13.0. The highest BCUT2D eigenvalue weighted by Crippen LogP contribution is 2.23. The zero-order valence-corrected chi connectivity index (χ0v) is 14.6. The molecular formula is C18H9Cl2N5O. The molecule has 2 aromatic carbocycles. The number of carbonyl (C=O) groups excluding carboxylic acids is 1. The number of halogens is 2. The lowest BCUT2D eigenvalue weighted by atomic mass is 10.2. The fraction of sp³-hybridized carbons (Fsp3) is 0. The Morgan fingerprint density at radius 3 is 1.92 bits per heavy atom. The summed E-state index contributed by atoms with van der Waals surface area (Å²) in [6.07, 6.45) is 0. The lowest BCUT2D eigenvalue weighted by molar-refractivity contribution is 0.102. The third-order valence-corrected chi connectivity index (χ3v) is 3.72. The molecule has 0 fully saturated rings. The molecule has 0 radical (unpaired) electrons. The molecular weight excluding hydrogens is 373 g/mol. The van der Waals surface area contributed by atoms with Gasteiger partial charge in [-0.15, -0.1) is 0 Å². The topological polar surface area (TPSA) is 112 Å². The second-order valence-corrected chi connectivity index (χ2v) is 5.71. The van der Waals surface area contributed by atoms with Crippen molar-refractivity contribution in [1.29, 1.82) is 15.8 Å². The molecule has 0 atom stereocenters. The molecule has 0 unspecified atom stereocenters.